The SMILES string of the molecule is CC(C)(C)OC(=O)N1C[C@@H]2OCc3cc(Cl)c(O)c(Cl)c3[C@@H]2C1.CC(C)(C)OC(=O)N1C[C@@H]2OCc3ccc(O)c(Cl)c3[C@@H]2C1. The first-order valence-electron chi connectivity index (χ1n) is 14.8. The summed E-state index contributed by atoms with van der Waals surface area (Å²) in [7, 11) is 0. The molecule has 4 atom stereocenters. The topological polar surface area (TPSA) is 118 Å². The largest absolute Gasteiger partial charge is 0.506 e. The summed E-state index contributed by atoms with van der Waals surface area (Å²) in [6.45, 7) is 13.7. The van der Waals surface area contributed by atoms with Crippen molar-refractivity contribution in [2.75, 3.05) is 26.2 Å². The highest BCUT2D eigenvalue weighted by molar-refractivity contribution is 6.37. The molecule has 2 saturated heterocycles. The molecule has 4 heterocycles. The molecule has 2 amide bonds. The number of halogens is 3. The van der Waals surface area contributed by atoms with Crippen LogP contribution in [0.4, 0.5) is 9.59 Å². The van der Waals surface area contributed by atoms with E-state index in [1.54, 1.807) is 21.9 Å². The smallest absolute Gasteiger partial charge is 0.410 e. The third-order valence-electron chi connectivity index (χ3n) is 8.05. The molecule has 2 N–H and O–H groups in total. The molecule has 0 bridgehead atoms. The Labute approximate surface area is 278 Å². The van der Waals surface area contributed by atoms with Crippen LogP contribution in [0, 0.1) is 0 Å². The van der Waals surface area contributed by atoms with E-state index >= 15 is 0 Å². The number of rotatable bonds is 0. The first-order valence-corrected chi connectivity index (χ1v) is 16.0. The summed E-state index contributed by atoms with van der Waals surface area (Å²) in [6, 6.07) is 5.07. The maximum atomic E-state index is 12.3. The average Bonchev–Trinajstić information content (AvgIpc) is 3.57. The number of carbonyl (C=O) groups excluding carboxylic acids is 2. The summed E-state index contributed by atoms with van der Waals surface area (Å²) in [5.74, 6) is -0.182. The van der Waals surface area contributed by atoms with Crippen LogP contribution in [0.25, 0.3) is 0 Å². The first-order chi connectivity index (χ1) is 20.9. The fourth-order valence-corrected chi connectivity index (χ4v) is 7.09. The zero-order chi connectivity index (χ0) is 33.0. The van der Waals surface area contributed by atoms with Crippen molar-refractivity contribution in [1.82, 2.24) is 9.80 Å². The van der Waals surface area contributed by atoms with Gasteiger partial charge in [0.15, 0.2) is 5.75 Å². The van der Waals surface area contributed by atoms with E-state index < -0.39 is 11.2 Å². The minimum Gasteiger partial charge on any atom is -0.506 e. The van der Waals surface area contributed by atoms with Crippen molar-refractivity contribution >= 4 is 47.0 Å². The summed E-state index contributed by atoms with van der Waals surface area (Å²) in [5, 5.41) is 20.7. The summed E-state index contributed by atoms with van der Waals surface area (Å²) in [6.07, 6.45) is -0.984. The molecule has 0 saturated carbocycles. The highest BCUT2D eigenvalue weighted by Crippen LogP contribution is 2.47. The van der Waals surface area contributed by atoms with Crippen molar-refractivity contribution in [2.24, 2.45) is 0 Å². The van der Waals surface area contributed by atoms with Gasteiger partial charge in [-0.25, -0.2) is 9.59 Å². The van der Waals surface area contributed by atoms with Gasteiger partial charge in [0.25, 0.3) is 0 Å². The fraction of sp³-hybridized carbons (Fsp3) is 0.562. The molecule has 2 aromatic carbocycles. The molecule has 246 valence electrons. The number of aromatic hydroxyl groups is 2. The number of phenolic OH excluding ortho intramolecular Hbond substituents is 2. The minimum absolute atomic E-state index is 0.0316. The zero-order valence-corrected chi connectivity index (χ0v) is 28.4. The van der Waals surface area contributed by atoms with Crippen LogP contribution in [0.2, 0.25) is 15.1 Å². The maximum absolute atomic E-state index is 12.3. The third-order valence-corrected chi connectivity index (χ3v) is 9.12. The van der Waals surface area contributed by atoms with E-state index in [4.69, 9.17) is 53.8 Å². The van der Waals surface area contributed by atoms with Gasteiger partial charge in [0.1, 0.15) is 17.0 Å². The second-order valence-electron chi connectivity index (χ2n) is 13.7. The lowest BCUT2D eigenvalue weighted by molar-refractivity contribution is 0.0124. The highest BCUT2D eigenvalue weighted by Gasteiger charge is 2.44. The number of benzene rings is 2. The number of amides is 2. The van der Waals surface area contributed by atoms with Crippen LogP contribution in [0.15, 0.2) is 18.2 Å². The molecule has 4 aliphatic heterocycles. The monoisotopic (exact) mass is 684 g/mol. The van der Waals surface area contributed by atoms with Gasteiger partial charge < -0.3 is 39.0 Å². The Morgan fingerprint density at radius 2 is 1.22 bits per heavy atom. The number of ether oxygens (including phenoxy) is 4. The molecule has 2 aromatic rings. The molecule has 0 unspecified atom stereocenters. The number of hydrogen-bond donors (Lipinski definition) is 2. The van der Waals surface area contributed by atoms with Gasteiger partial charge in [-0.15, -0.1) is 0 Å². The standard InChI is InChI=1S/C16H19Cl2NO4.C16H20ClNO4/c1-16(2,3)23-15(21)19-5-9-11(6-19)22-7-8-4-10(17)14(20)13(18)12(8)9;1-16(2,3)22-15(20)18-6-10-12(7-18)21-8-9-4-5-11(19)14(17)13(9)10/h4,9,11,20H,5-7H2,1-3H3;4-5,10,12,19H,6-8H2,1-3H3/t9-,11+;10-,12+/m11/s1. The van der Waals surface area contributed by atoms with Crippen molar-refractivity contribution < 1.29 is 38.7 Å². The van der Waals surface area contributed by atoms with E-state index in [2.05, 4.69) is 0 Å². The number of phenols is 2. The molecule has 0 spiro atoms. The van der Waals surface area contributed by atoms with Crippen LogP contribution in [-0.2, 0) is 32.2 Å². The van der Waals surface area contributed by atoms with Crippen molar-refractivity contribution in [2.45, 2.75) is 90.0 Å². The molecule has 0 aromatic heterocycles. The van der Waals surface area contributed by atoms with Crippen molar-refractivity contribution in [1.29, 1.82) is 0 Å². The normalized spacial score (nSPS) is 23.7. The zero-order valence-electron chi connectivity index (χ0n) is 26.2. The van der Waals surface area contributed by atoms with E-state index in [0.29, 0.717) is 44.4 Å². The van der Waals surface area contributed by atoms with Gasteiger partial charge in [-0.05, 0) is 75.9 Å². The predicted octanol–water partition coefficient (Wildman–Crippen LogP) is 7.21. The van der Waals surface area contributed by atoms with Crippen molar-refractivity contribution in [3.63, 3.8) is 0 Å². The minimum atomic E-state index is -0.549. The van der Waals surface area contributed by atoms with Gasteiger partial charge in [0.05, 0.1) is 53.6 Å². The summed E-state index contributed by atoms with van der Waals surface area (Å²) >= 11 is 18.5. The average molecular weight is 686 g/mol. The van der Waals surface area contributed by atoms with Crippen LogP contribution >= 0.6 is 34.8 Å². The van der Waals surface area contributed by atoms with Gasteiger partial charge in [0.2, 0.25) is 0 Å². The lowest BCUT2D eigenvalue weighted by Crippen LogP contribution is -2.36. The van der Waals surface area contributed by atoms with E-state index in [-0.39, 0.29) is 57.8 Å². The Morgan fingerprint density at radius 3 is 1.71 bits per heavy atom. The third kappa shape index (κ3) is 7.20. The molecule has 10 nitrogen and oxygen atoms in total. The van der Waals surface area contributed by atoms with Crippen LogP contribution < -0.4 is 0 Å². The van der Waals surface area contributed by atoms with Gasteiger partial charge in [0, 0.05) is 24.9 Å². The summed E-state index contributed by atoms with van der Waals surface area (Å²) in [4.78, 5) is 27.8. The fourth-order valence-electron chi connectivity index (χ4n) is 6.13. The Balaban J connectivity index is 0.000000178. The Bertz CT molecular complexity index is 1490. The van der Waals surface area contributed by atoms with Crippen LogP contribution in [0.1, 0.15) is 75.6 Å². The molecular formula is C32H39Cl3N2O8. The number of nitrogens with zero attached hydrogens (tertiary/aromatic N) is 2. The van der Waals surface area contributed by atoms with E-state index in [1.165, 1.54) is 0 Å². The van der Waals surface area contributed by atoms with Crippen LogP contribution in [-0.4, -0.2) is 81.8 Å². The number of hydrogen-bond acceptors (Lipinski definition) is 8. The Hall–Kier alpha value is -2.63. The molecule has 2 fully saturated rings. The number of carbonyl (C=O) groups is 2. The van der Waals surface area contributed by atoms with Crippen LogP contribution in [0.5, 0.6) is 11.5 Å². The second kappa shape index (κ2) is 12.5. The van der Waals surface area contributed by atoms with Crippen LogP contribution in [0.3, 0.4) is 0 Å². The van der Waals surface area contributed by atoms with Crippen molar-refractivity contribution in [3.8, 4) is 11.5 Å². The number of likely N-dealkylation sites (tertiary alicyclic amines) is 2. The predicted molar refractivity (Wildman–Crippen MR) is 169 cm³/mol. The quantitative estimate of drug-likeness (QED) is 0.299. The van der Waals surface area contributed by atoms with E-state index in [0.717, 1.165) is 22.3 Å². The molecule has 6 rings (SSSR count). The van der Waals surface area contributed by atoms with Crippen molar-refractivity contribution in [3.05, 3.63) is 55.5 Å². The maximum Gasteiger partial charge on any atom is 0.410 e. The number of fused-ring (bicyclic) bond motifs is 6. The highest BCUT2D eigenvalue weighted by atomic mass is 35.5. The van der Waals surface area contributed by atoms with Gasteiger partial charge >= 0.3 is 12.2 Å². The summed E-state index contributed by atoms with van der Waals surface area (Å²) < 4.78 is 22.5. The van der Waals surface area contributed by atoms with Gasteiger partial charge in [-0.2, -0.15) is 0 Å². The van der Waals surface area contributed by atoms with E-state index in [1.807, 2.05) is 47.6 Å². The van der Waals surface area contributed by atoms with Gasteiger partial charge in [-0.3, -0.25) is 0 Å². The Morgan fingerprint density at radius 1 is 0.756 bits per heavy atom. The molecular weight excluding hydrogens is 647 g/mol. The lowest BCUT2D eigenvalue weighted by Gasteiger charge is -2.29. The Kier molecular flexibility index (Phi) is 9.39. The summed E-state index contributed by atoms with van der Waals surface area (Å²) in [5.41, 5.74) is 2.45. The molecule has 0 aliphatic carbocycles. The molecule has 13 heteroatoms. The van der Waals surface area contributed by atoms with E-state index in [9.17, 15) is 19.8 Å². The lowest BCUT2D eigenvalue weighted by atomic mass is 9.89. The van der Waals surface area contributed by atoms with Gasteiger partial charge in [-0.1, -0.05) is 40.9 Å². The molecule has 45 heavy (non-hydrogen) atoms. The first kappa shape index (κ1) is 33.7. The molecule has 4 aliphatic rings. The second-order valence-corrected chi connectivity index (χ2v) is 14.9. The molecule has 0 radical (unpaired) electrons.